The van der Waals surface area contributed by atoms with Gasteiger partial charge in [-0.15, -0.1) is 0 Å². The van der Waals surface area contributed by atoms with E-state index in [1.54, 1.807) is 24.5 Å². The summed E-state index contributed by atoms with van der Waals surface area (Å²) in [5, 5.41) is 5.72. The number of carbonyl (C=O) groups excluding carboxylic acids is 1. The third-order valence-corrected chi connectivity index (χ3v) is 2.99. The van der Waals surface area contributed by atoms with Gasteiger partial charge in [-0.2, -0.15) is 0 Å². The number of aryl methyl sites for hydroxylation is 1. The molecule has 0 saturated heterocycles. The molecule has 1 unspecified atom stereocenters. The van der Waals surface area contributed by atoms with E-state index in [1.165, 1.54) is 12.1 Å². The predicted molar refractivity (Wildman–Crippen MR) is 74.9 cm³/mol. The molecule has 2 N–H and O–H groups in total. The van der Waals surface area contributed by atoms with E-state index in [1.807, 2.05) is 13.8 Å². The minimum Gasteiger partial charge on any atom is -0.467 e. The molecule has 2 aromatic rings. The Hall–Kier alpha value is -2.30. The second-order valence-electron chi connectivity index (χ2n) is 4.62. The summed E-state index contributed by atoms with van der Waals surface area (Å²) in [6.45, 7) is 3.77. The minimum atomic E-state index is -0.331. The van der Waals surface area contributed by atoms with Crippen molar-refractivity contribution in [3.8, 4) is 0 Å². The summed E-state index contributed by atoms with van der Waals surface area (Å²) in [6, 6.07) is 7.80. The van der Waals surface area contributed by atoms with Crippen molar-refractivity contribution in [2.45, 2.75) is 19.9 Å². The van der Waals surface area contributed by atoms with E-state index in [4.69, 9.17) is 4.42 Å². The normalized spacial score (nSPS) is 11.9. The van der Waals surface area contributed by atoms with E-state index < -0.39 is 0 Å². The molecule has 2 rings (SSSR count). The van der Waals surface area contributed by atoms with Crippen molar-refractivity contribution in [1.82, 2.24) is 5.32 Å². The van der Waals surface area contributed by atoms with E-state index in [0.29, 0.717) is 11.4 Å². The molecular formula is C15H17FN2O2. The first kappa shape index (κ1) is 14.1. The van der Waals surface area contributed by atoms with Crippen molar-refractivity contribution >= 4 is 11.6 Å². The lowest BCUT2D eigenvalue weighted by Gasteiger charge is -2.13. The molecule has 0 bridgehead atoms. The lowest BCUT2D eigenvalue weighted by atomic mass is 10.2. The fraction of sp³-hybridized carbons (Fsp3) is 0.267. The summed E-state index contributed by atoms with van der Waals surface area (Å²) in [5.41, 5.74) is 1.50. The van der Waals surface area contributed by atoms with Crippen LogP contribution in [0.25, 0.3) is 0 Å². The molecule has 0 aliphatic rings. The van der Waals surface area contributed by atoms with Gasteiger partial charge in [0.2, 0.25) is 5.91 Å². The van der Waals surface area contributed by atoms with Gasteiger partial charge in [0.1, 0.15) is 11.6 Å². The SMILES string of the molecule is Cc1ccc(F)cc1NCC(=O)NC(C)c1ccco1. The molecular weight excluding hydrogens is 259 g/mol. The number of amides is 1. The lowest BCUT2D eigenvalue weighted by Crippen LogP contribution is -2.32. The first-order chi connectivity index (χ1) is 9.56. The zero-order chi connectivity index (χ0) is 14.5. The smallest absolute Gasteiger partial charge is 0.239 e. The molecule has 5 heteroatoms. The van der Waals surface area contributed by atoms with Gasteiger partial charge in [0, 0.05) is 5.69 Å². The predicted octanol–water partition coefficient (Wildman–Crippen LogP) is 3.02. The average molecular weight is 276 g/mol. The van der Waals surface area contributed by atoms with E-state index in [-0.39, 0.29) is 24.3 Å². The van der Waals surface area contributed by atoms with Gasteiger partial charge in [-0.25, -0.2) is 4.39 Å². The molecule has 20 heavy (non-hydrogen) atoms. The number of benzene rings is 1. The van der Waals surface area contributed by atoms with E-state index in [0.717, 1.165) is 5.56 Å². The second-order valence-corrected chi connectivity index (χ2v) is 4.62. The van der Waals surface area contributed by atoms with Crippen LogP contribution in [0, 0.1) is 12.7 Å². The highest BCUT2D eigenvalue weighted by molar-refractivity contribution is 5.81. The van der Waals surface area contributed by atoms with Gasteiger partial charge < -0.3 is 15.1 Å². The summed E-state index contributed by atoms with van der Waals surface area (Å²) in [5.74, 6) is 0.181. The average Bonchev–Trinajstić information content (AvgIpc) is 2.94. The van der Waals surface area contributed by atoms with Crippen LogP contribution in [0.3, 0.4) is 0 Å². The minimum absolute atomic E-state index is 0.0787. The van der Waals surface area contributed by atoms with Crippen molar-refractivity contribution in [3.05, 3.63) is 53.7 Å². The third-order valence-electron chi connectivity index (χ3n) is 2.99. The summed E-state index contributed by atoms with van der Waals surface area (Å²) >= 11 is 0. The Labute approximate surface area is 117 Å². The van der Waals surface area contributed by atoms with E-state index in [2.05, 4.69) is 10.6 Å². The number of rotatable bonds is 5. The van der Waals surface area contributed by atoms with Crippen LogP contribution in [0.5, 0.6) is 0 Å². The molecule has 1 amide bonds. The van der Waals surface area contributed by atoms with Gasteiger partial charge in [-0.05, 0) is 43.7 Å². The molecule has 0 spiro atoms. The first-order valence-corrected chi connectivity index (χ1v) is 6.39. The highest BCUT2D eigenvalue weighted by Crippen LogP contribution is 2.16. The number of nitrogens with one attached hydrogen (secondary N) is 2. The Morgan fingerprint density at radius 3 is 2.90 bits per heavy atom. The largest absolute Gasteiger partial charge is 0.467 e. The molecule has 1 heterocycles. The van der Waals surface area contributed by atoms with Crippen LogP contribution in [0.1, 0.15) is 24.3 Å². The molecule has 1 atom stereocenters. The summed E-state index contributed by atoms with van der Waals surface area (Å²) in [4.78, 5) is 11.8. The van der Waals surface area contributed by atoms with Crippen LogP contribution in [0.4, 0.5) is 10.1 Å². The van der Waals surface area contributed by atoms with Crippen LogP contribution in [-0.2, 0) is 4.79 Å². The van der Waals surface area contributed by atoms with E-state index >= 15 is 0 Å². The third kappa shape index (κ3) is 3.60. The maximum Gasteiger partial charge on any atom is 0.239 e. The van der Waals surface area contributed by atoms with Gasteiger partial charge in [0.05, 0.1) is 18.8 Å². The van der Waals surface area contributed by atoms with Crippen molar-refractivity contribution < 1.29 is 13.6 Å². The Bertz CT molecular complexity index is 582. The number of furan rings is 1. The summed E-state index contributed by atoms with van der Waals surface area (Å²) in [7, 11) is 0. The van der Waals surface area contributed by atoms with Gasteiger partial charge in [0.15, 0.2) is 0 Å². The molecule has 0 aliphatic carbocycles. The highest BCUT2D eigenvalue weighted by atomic mass is 19.1. The zero-order valence-electron chi connectivity index (χ0n) is 11.4. The highest BCUT2D eigenvalue weighted by Gasteiger charge is 2.11. The first-order valence-electron chi connectivity index (χ1n) is 6.39. The number of hydrogen-bond acceptors (Lipinski definition) is 3. The van der Waals surface area contributed by atoms with E-state index in [9.17, 15) is 9.18 Å². The number of carbonyl (C=O) groups is 1. The molecule has 1 aromatic heterocycles. The fourth-order valence-corrected chi connectivity index (χ4v) is 1.86. The topological polar surface area (TPSA) is 54.3 Å². The van der Waals surface area contributed by atoms with Crippen molar-refractivity contribution in [2.75, 3.05) is 11.9 Å². The van der Waals surface area contributed by atoms with Crippen LogP contribution in [-0.4, -0.2) is 12.5 Å². The maximum absolute atomic E-state index is 13.1. The Morgan fingerprint density at radius 2 is 2.20 bits per heavy atom. The van der Waals surface area contributed by atoms with Crippen LogP contribution in [0.15, 0.2) is 41.0 Å². The van der Waals surface area contributed by atoms with Crippen LogP contribution >= 0.6 is 0 Å². The monoisotopic (exact) mass is 276 g/mol. The summed E-state index contributed by atoms with van der Waals surface area (Å²) in [6.07, 6.45) is 1.56. The number of anilines is 1. The van der Waals surface area contributed by atoms with Gasteiger partial charge in [0.25, 0.3) is 0 Å². The van der Waals surface area contributed by atoms with Crippen molar-refractivity contribution in [1.29, 1.82) is 0 Å². The van der Waals surface area contributed by atoms with Crippen LogP contribution < -0.4 is 10.6 Å². The zero-order valence-corrected chi connectivity index (χ0v) is 11.4. The molecule has 4 nitrogen and oxygen atoms in total. The Kier molecular flexibility index (Phi) is 4.40. The van der Waals surface area contributed by atoms with Gasteiger partial charge >= 0.3 is 0 Å². The molecule has 0 aliphatic heterocycles. The molecule has 106 valence electrons. The summed E-state index contributed by atoms with van der Waals surface area (Å²) < 4.78 is 18.3. The number of hydrogen-bond donors (Lipinski definition) is 2. The Balaban J connectivity index is 1.87. The molecule has 0 radical (unpaired) electrons. The lowest BCUT2D eigenvalue weighted by molar-refractivity contribution is -0.120. The fourth-order valence-electron chi connectivity index (χ4n) is 1.86. The Morgan fingerprint density at radius 1 is 1.40 bits per heavy atom. The van der Waals surface area contributed by atoms with Crippen molar-refractivity contribution in [2.24, 2.45) is 0 Å². The maximum atomic E-state index is 13.1. The van der Waals surface area contributed by atoms with Crippen LogP contribution in [0.2, 0.25) is 0 Å². The van der Waals surface area contributed by atoms with Gasteiger partial charge in [-0.3, -0.25) is 4.79 Å². The quantitative estimate of drug-likeness (QED) is 0.882. The van der Waals surface area contributed by atoms with Crippen molar-refractivity contribution in [3.63, 3.8) is 0 Å². The molecule has 1 aromatic carbocycles. The molecule has 0 saturated carbocycles. The number of halogens is 1. The molecule has 0 fully saturated rings. The standard InChI is InChI=1S/C15H17FN2O2/c1-10-5-6-12(16)8-13(10)17-9-15(19)18-11(2)14-4-3-7-20-14/h3-8,11,17H,9H2,1-2H3,(H,18,19). The second kappa shape index (κ2) is 6.23. The van der Waals surface area contributed by atoms with Gasteiger partial charge in [-0.1, -0.05) is 6.07 Å².